The molecule has 0 saturated heterocycles. The van der Waals surface area contributed by atoms with Crippen molar-refractivity contribution >= 4 is 25.7 Å². The summed E-state index contributed by atoms with van der Waals surface area (Å²) in [5, 5.41) is 0. The van der Waals surface area contributed by atoms with Crippen molar-refractivity contribution in [2.45, 2.75) is 49.8 Å². The largest absolute Gasteiger partial charge is 0.279 e. The van der Waals surface area contributed by atoms with Gasteiger partial charge in [0.15, 0.2) is 0 Å². The van der Waals surface area contributed by atoms with Gasteiger partial charge >= 0.3 is 0 Å². The van der Waals surface area contributed by atoms with Gasteiger partial charge in [-0.25, -0.2) is 16.8 Å². The molecule has 8 heteroatoms. The quantitative estimate of drug-likeness (QED) is 0.659. The number of hydrogen-bond donors (Lipinski definition) is 1. The second kappa shape index (κ2) is 9.07. The Morgan fingerprint density at radius 3 is 1.93 bits per heavy atom. The van der Waals surface area contributed by atoms with E-state index in [0.717, 1.165) is 12.0 Å². The Morgan fingerprint density at radius 2 is 1.39 bits per heavy atom. The van der Waals surface area contributed by atoms with Crippen LogP contribution in [0.25, 0.3) is 0 Å². The van der Waals surface area contributed by atoms with Crippen molar-refractivity contribution in [1.29, 1.82) is 0 Å². The molecule has 0 bridgehead atoms. The minimum atomic E-state index is -3.83. The fraction of sp³-hybridized carbons (Fsp3) is 0.400. The molecule has 2 aromatic rings. The molecule has 0 radical (unpaired) electrons. The van der Waals surface area contributed by atoms with Crippen LogP contribution in [0.15, 0.2) is 58.3 Å². The molecule has 0 aliphatic heterocycles. The van der Waals surface area contributed by atoms with E-state index in [-0.39, 0.29) is 15.7 Å². The minimum absolute atomic E-state index is 0.0185. The summed E-state index contributed by atoms with van der Waals surface area (Å²) in [5.74, 6) is 0.209. The van der Waals surface area contributed by atoms with Gasteiger partial charge in [0.2, 0.25) is 10.0 Å². The smallest absolute Gasteiger partial charge is 0.261 e. The van der Waals surface area contributed by atoms with Gasteiger partial charge in [-0.2, -0.15) is 4.31 Å². The lowest BCUT2D eigenvalue weighted by Gasteiger charge is -2.19. The van der Waals surface area contributed by atoms with Gasteiger partial charge in [-0.15, -0.1) is 0 Å². The summed E-state index contributed by atoms with van der Waals surface area (Å²) in [5.41, 5.74) is 1.46. The normalized spacial score (nSPS) is 13.5. The third-order valence-electron chi connectivity index (χ3n) is 4.83. The number of hydrogen-bond acceptors (Lipinski definition) is 4. The number of rotatable bonds is 9. The second-order valence-electron chi connectivity index (χ2n) is 6.56. The molecule has 154 valence electrons. The van der Waals surface area contributed by atoms with Gasteiger partial charge in [-0.05, 0) is 48.2 Å². The number of sulfonamides is 2. The molecule has 28 heavy (non-hydrogen) atoms. The summed E-state index contributed by atoms with van der Waals surface area (Å²) in [7, 11) is -7.46. The first kappa shape index (κ1) is 22.4. The maximum absolute atomic E-state index is 12.8. The van der Waals surface area contributed by atoms with Gasteiger partial charge in [0.25, 0.3) is 10.0 Å². The molecule has 0 unspecified atom stereocenters. The van der Waals surface area contributed by atoms with E-state index in [9.17, 15) is 16.8 Å². The Labute approximate surface area is 168 Å². The Kier molecular flexibility index (Phi) is 7.25. The SMILES string of the molecule is CC[C@@H](C)c1ccccc1NS(=O)(=O)c1ccc(S(=O)(=O)N(CC)CC)cc1. The number of para-hydroxylation sites is 1. The zero-order valence-electron chi connectivity index (χ0n) is 16.7. The Balaban J connectivity index is 2.34. The van der Waals surface area contributed by atoms with Crippen molar-refractivity contribution in [3.63, 3.8) is 0 Å². The summed E-state index contributed by atoms with van der Waals surface area (Å²) < 4.78 is 54.7. The summed E-state index contributed by atoms with van der Waals surface area (Å²) in [6, 6.07) is 12.6. The first-order valence-corrected chi connectivity index (χ1v) is 12.3. The molecular weight excluding hydrogens is 396 g/mol. The van der Waals surface area contributed by atoms with Gasteiger partial charge in [-0.3, -0.25) is 4.72 Å². The second-order valence-corrected chi connectivity index (χ2v) is 10.2. The Morgan fingerprint density at radius 1 is 0.857 bits per heavy atom. The van der Waals surface area contributed by atoms with E-state index in [1.807, 2.05) is 26.0 Å². The van der Waals surface area contributed by atoms with Crippen LogP contribution in [-0.4, -0.2) is 34.2 Å². The molecule has 2 rings (SSSR count). The van der Waals surface area contributed by atoms with Crippen molar-refractivity contribution in [2.75, 3.05) is 17.8 Å². The fourth-order valence-corrected chi connectivity index (χ4v) is 5.49. The highest BCUT2D eigenvalue weighted by Gasteiger charge is 2.23. The van der Waals surface area contributed by atoms with Gasteiger partial charge in [-0.1, -0.05) is 45.9 Å². The predicted molar refractivity (Wildman–Crippen MR) is 113 cm³/mol. The molecule has 0 fully saturated rings. The highest BCUT2D eigenvalue weighted by molar-refractivity contribution is 7.92. The molecule has 1 N–H and O–H groups in total. The highest BCUT2D eigenvalue weighted by Crippen LogP contribution is 2.28. The summed E-state index contributed by atoms with van der Waals surface area (Å²) >= 11 is 0. The van der Waals surface area contributed by atoms with Gasteiger partial charge < -0.3 is 0 Å². The van der Waals surface area contributed by atoms with Crippen LogP contribution < -0.4 is 4.72 Å². The lowest BCUT2D eigenvalue weighted by atomic mass is 9.97. The van der Waals surface area contributed by atoms with Crippen LogP contribution in [0.1, 0.15) is 45.6 Å². The standard InChI is InChI=1S/C20H28N2O4S2/c1-5-16(4)19-10-8-9-11-20(19)21-27(23,24)17-12-14-18(15-13-17)28(25,26)22(6-2)7-3/h8-16,21H,5-7H2,1-4H3/t16-/m1/s1. The van der Waals surface area contributed by atoms with E-state index in [2.05, 4.69) is 4.72 Å². The van der Waals surface area contributed by atoms with Crippen LogP contribution in [0.5, 0.6) is 0 Å². The lowest BCUT2D eigenvalue weighted by Crippen LogP contribution is -2.30. The lowest BCUT2D eigenvalue weighted by molar-refractivity contribution is 0.445. The highest BCUT2D eigenvalue weighted by atomic mass is 32.2. The van der Waals surface area contributed by atoms with Crippen LogP contribution in [-0.2, 0) is 20.0 Å². The third kappa shape index (κ3) is 4.74. The van der Waals surface area contributed by atoms with Crippen molar-refractivity contribution in [3.8, 4) is 0 Å². The van der Waals surface area contributed by atoms with Gasteiger partial charge in [0.05, 0.1) is 15.5 Å². The summed E-state index contributed by atoms with van der Waals surface area (Å²) in [6.45, 7) is 8.32. The maximum atomic E-state index is 12.8. The van der Waals surface area contributed by atoms with Gasteiger partial charge in [0, 0.05) is 13.1 Å². The molecular formula is C20H28N2O4S2. The van der Waals surface area contributed by atoms with Crippen LogP contribution in [0, 0.1) is 0 Å². The number of nitrogens with one attached hydrogen (secondary N) is 1. The minimum Gasteiger partial charge on any atom is -0.279 e. The Hall–Kier alpha value is -1.90. The number of anilines is 1. The van der Waals surface area contributed by atoms with Crippen molar-refractivity contribution < 1.29 is 16.8 Å². The van der Waals surface area contributed by atoms with Crippen LogP contribution in [0.3, 0.4) is 0 Å². The molecule has 0 heterocycles. The summed E-state index contributed by atoms with van der Waals surface area (Å²) in [6.07, 6.45) is 0.886. The fourth-order valence-electron chi connectivity index (χ4n) is 2.95. The number of benzene rings is 2. The van der Waals surface area contributed by atoms with Crippen LogP contribution >= 0.6 is 0 Å². The van der Waals surface area contributed by atoms with E-state index in [4.69, 9.17) is 0 Å². The zero-order valence-corrected chi connectivity index (χ0v) is 18.3. The van der Waals surface area contributed by atoms with E-state index in [1.165, 1.54) is 28.6 Å². The molecule has 6 nitrogen and oxygen atoms in total. The molecule has 0 amide bonds. The van der Waals surface area contributed by atoms with Crippen LogP contribution in [0.4, 0.5) is 5.69 Å². The van der Waals surface area contributed by atoms with Crippen LogP contribution in [0.2, 0.25) is 0 Å². The monoisotopic (exact) mass is 424 g/mol. The topological polar surface area (TPSA) is 83.5 Å². The average molecular weight is 425 g/mol. The number of nitrogens with zero attached hydrogens (tertiary/aromatic N) is 1. The van der Waals surface area contributed by atoms with E-state index >= 15 is 0 Å². The first-order chi connectivity index (χ1) is 13.2. The average Bonchev–Trinajstić information content (AvgIpc) is 2.68. The molecule has 0 aromatic heterocycles. The Bertz CT molecular complexity index is 997. The van der Waals surface area contributed by atoms with E-state index in [1.54, 1.807) is 26.0 Å². The molecule has 0 aliphatic rings. The van der Waals surface area contributed by atoms with Crippen molar-refractivity contribution in [1.82, 2.24) is 4.31 Å². The predicted octanol–water partition coefficient (Wildman–Crippen LogP) is 4.03. The maximum Gasteiger partial charge on any atom is 0.261 e. The summed E-state index contributed by atoms with van der Waals surface area (Å²) in [4.78, 5) is 0.0973. The zero-order chi connectivity index (χ0) is 20.9. The first-order valence-electron chi connectivity index (χ1n) is 9.39. The van der Waals surface area contributed by atoms with Gasteiger partial charge in [0.1, 0.15) is 0 Å². The van der Waals surface area contributed by atoms with E-state index in [0.29, 0.717) is 18.8 Å². The van der Waals surface area contributed by atoms with Crippen molar-refractivity contribution in [2.24, 2.45) is 0 Å². The van der Waals surface area contributed by atoms with E-state index < -0.39 is 20.0 Å². The molecule has 2 aromatic carbocycles. The molecule has 0 aliphatic carbocycles. The van der Waals surface area contributed by atoms with Crippen molar-refractivity contribution in [3.05, 3.63) is 54.1 Å². The molecule has 0 spiro atoms. The third-order valence-corrected chi connectivity index (χ3v) is 8.27. The molecule has 1 atom stereocenters. The molecule has 0 saturated carbocycles.